The topological polar surface area (TPSA) is 91.0 Å². The molecule has 31 heavy (non-hydrogen) atoms. The van der Waals surface area contributed by atoms with Gasteiger partial charge in [0.1, 0.15) is 11.8 Å². The molecule has 3 heterocycles. The van der Waals surface area contributed by atoms with Crippen LogP contribution in [0.4, 0.5) is 4.79 Å². The molecule has 4 amide bonds. The highest BCUT2D eigenvalue weighted by molar-refractivity contribution is 6.05. The maximum absolute atomic E-state index is 12.7. The van der Waals surface area contributed by atoms with Crippen molar-refractivity contribution in [2.75, 3.05) is 26.7 Å². The lowest BCUT2D eigenvalue weighted by molar-refractivity contribution is -0.131. The van der Waals surface area contributed by atoms with E-state index in [-0.39, 0.29) is 24.8 Å². The van der Waals surface area contributed by atoms with Gasteiger partial charge in [0.25, 0.3) is 5.91 Å². The molecule has 8 nitrogen and oxygen atoms in total. The van der Waals surface area contributed by atoms with E-state index in [9.17, 15) is 14.4 Å². The number of fused-ring (bicyclic) bond motifs is 1. The van der Waals surface area contributed by atoms with Gasteiger partial charge in [-0.1, -0.05) is 18.6 Å². The molecule has 168 valence electrons. The third-order valence-electron chi connectivity index (χ3n) is 6.79. The Hall–Kier alpha value is -2.61. The minimum absolute atomic E-state index is 0.0230. The van der Waals surface area contributed by atoms with Gasteiger partial charge in [-0.3, -0.25) is 14.5 Å². The van der Waals surface area contributed by atoms with Gasteiger partial charge < -0.3 is 20.3 Å². The van der Waals surface area contributed by atoms with Gasteiger partial charge in [-0.2, -0.15) is 0 Å². The molecular weight excluding hydrogens is 396 g/mol. The summed E-state index contributed by atoms with van der Waals surface area (Å²) in [6, 6.07) is 6.52. The van der Waals surface area contributed by atoms with Crippen molar-refractivity contribution in [3.8, 4) is 5.75 Å². The van der Waals surface area contributed by atoms with Crippen molar-refractivity contribution in [1.29, 1.82) is 0 Å². The standard InChI is InChI=1S/C23H32N4O4/c1-31-18-9-7-16(8-10-18)15-27-22(29)19(25-23(27)30)13-21(28)24-14-17-5-4-12-26-11-3-2-6-20(17)26/h7-10,17,19-20H,2-6,11-15H2,1H3,(H,24,28)(H,25,30)/t17-,19+,20-/m1/s1. The fourth-order valence-corrected chi connectivity index (χ4v) is 5.10. The highest BCUT2D eigenvalue weighted by Gasteiger charge is 2.39. The number of urea groups is 1. The molecule has 3 atom stereocenters. The molecule has 0 unspecified atom stereocenters. The zero-order valence-electron chi connectivity index (χ0n) is 18.1. The van der Waals surface area contributed by atoms with Crippen molar-refractivity contribution >= 4 is 17.8 Å². The van der Waals surface area contributed by atoms with E-state index in [4.69, 9.17) is 4.74 Å². The Morgan fingerprint density at radius 1 is 1.13 bits per heavy atom. The van der Waals surface area contributed by atoms with E-state index >= 15 is 0 Å². The summed E-state index contributed by atoms with van der Waals surface area (Å²) >= 11 is 0. The first-order chi connectivity index (χ1) is 15.0. The van der Waals surface area contributed by atoms with Crippen LogP contribution in [0.2, 0.25) is 0 Å². The van der Waals surface area contributed by atoms with Crippen molar-refractivity contribution in [1.82, 2.24) is 20.4 Å². The van der Waals surface area contributed by atoms with Crippen LogP contribution in [0.25, 0.3) is 0 Å². The first-order valence-corrected chi connectivity index (χ1v) is 11.3. The first-order valence-electron chi connectivity index (χ1n) is 11.3. The highest BCUT2D eigenvalue weighted by Crippen LogP contribution is 2.30. The van der Waals surface area contributed by atoms with Crippen LogP contribution in [0.3, 0.4) is 0 Å². The number of amides is 4. The van der Waals surface area contributed by atoms with Gasteiger partial charge in [-0.15, -0.1) is 0 Å². The van der Waals surface area contributed by atoms with Gasteiger partial charge in [-0.25, -0.2) is 4.79 Å². The Morgan fingerprint density at radius 2 is 1.90 bits per heavy atom. The SMILES string of the molecule is COc1ccc(CN2C(=O)N[C@@H](CC(=O)NC[C@H]3CCCN4CCCC[C@H]34)C2=O)cc1. The number of hydrogen-bond acceptors (Lipinski definition) is 5. The van der Waals surface area contributed by atoms with Crippen molar-refractivity contribution in [2.24, 2.45) is 5.92 Å². The first kappa shape index (κ1) is 21.6. The maximum Gasteiger partial charge on any atom is 0.325 e. The van der Waals surface area contributed by atoms with E-state index in [1.165, 1.54) is 43.7 Å². The molecule has 2 N–H and O–H groups in total. The van der Waals surface area contributed by atoms with E-state index in [1.807, 2.05) is 12.1 Å². The number of imide groups is 1. The van der Waals surface area contributed by atoms with Crippen molar-refractivity contribution in [2.45, 2.75) is 57.2 Å². The van der Waals surface area contributed by atoms with Crippen LogP contribution in [0.15, 0.2) is 24.3 Å². The highest BCUT2D eigenvalue weighted by atomic mass is 16.5. The molecule has 1 aromatic carbocycles. The largest absolute Gasteiger partial charge is 0.497 e. The summed E-state index contributed by atoms with van der Waals surface area (Å²) in [5, 5.41) is 5.68. The van der Waals surface area contributed by atoms with Crippen LogP contribution < -0.4 is 15.4 Å². The van der Waals surface area contributed by atoms with Crippen molar-refractivity contribution in [3.05, 3.63) is 29.8 Å². The molecule has 3 aliphatic heterocycles. The van der Waals surface area contributed by atoms with Gasteiger partial charge in [0.05, 0.1) is 20.1 Å². The Bertz CT molecular complexity index is 810. The second kappa shape index (κ2) is 9.68. The third-order valence-corrected chi connectivity index (χ3v) is 6.79. The Morgan fingerprint density at radius 3 is 2.68 bits per heavy atom. The van der Waals surface area contributed by atoms with Crippen LogP contribution in [0.5, 0.6) is 5.75 Å². The molecule has 4 rings (SSSR count). The van der Waals surface area contributed by atoms with E-state index in [0.29, 0.717) is 24.3 Å². The summed E-state index contributed by atoms with van der Waals surface area (Å²) in [5.74, 6) is 0.647. The minimum Gasteiger partial charge on any atom is -0.497 e. The van der Waals surface area contributed by atoms with Crippen LogP contribution in [-0.2, 0) is 16.1 Å². The van der Waals surface area contributed by atoms with Crippen LogP contribution in [0.1, 0.15) is 44.1 Å². The third kappa shape index (κ3) is 5.01. The summed E-state index contributed by atoms with van der Waals surface area (Å²) in [5.41, 5.74) is 0.823. The number of hydrogen-bond donors (Lipinski definition) is 2. The predicted molar refractivity (Wildman–Crippen MR) is 115 cm³/mol. The van der Waals surface area contributed by atoms with E-state index < -0.39 is 12.1 Å². The van der Waals surface area contributed by atoms with Crippen LogP contribution >= 0.6 is 0 Å². The number of rotatable bonds is 7. The summed E-state index contributed by atoms with van der Waals surface area (Å²) in [6.07, 6.45) is 6.03. The Balaban J connectivity index is 1.27. The molecule has 0 bridgehead atoms. The number of nitrogens with zero attached hydrogens (tertiary/aromatic N) is 2. The quantitative estimate of drug-likeness (QED) is 0.647. The second-order valence-corrected chi connectivity index (χ2v) is 8.78. The number of piperidine rings is 2. The molecule has 0 spiro atoms. The lowest BCUT2D eigenvalue weighted by Crippen LogP contribution is -2.51. The number of nitrogens with one attached hydrogen (secondary N) is 2. The van der Waals surface area contributed by atoms with Gasteiger partial charge in [0.15, 0.2) is 0 Å². The molecule has 8 heteroatoms. The molecule has 3 aliphatic rings. The fourth-order valence-electron chi connectivity index (χ4n) is 5.10. The summed E-state index contributed by atoms with van der Waals surface area (Å²) in [7, 11) is 1.58. The molecule has 0 aliphatic carbocycles. The number of carbonyl (C=O) groups excluding carboxylic acids is 3. The van der Waals surface area contributed by atoms with E-state index in [0.717, 1.165) is 12.0 Å². The van der Waals surface area contributed by atoms with Crippen LogP contribution in [-0.4, -0.2) is 66.5 Å². The van der Waals surface area contributed by atoms with Crippen molar-refractivity contribution < 1.29 is 19.1 Å². The normalized spacial score (nSPS) is 26.4. The zero-order chi connectivity index (χ0) is 21.8. The number of benzene rings is 1. The molecule has 3 saturated heterocycles. The molecule has 0 radical (unpaired) electrons. The number of ether oxygens (including phenoxy) is 1. The molecule has 0 aromatic heterocycles. The molecule has 1 aromatic rings. The average molecular weight is 429 g/mol. The average Bonchev–Trinajstić information content (AvgIpc) is 3.05. The zero-order valence-corrected chi connectivity index (χ0v) is 18.1. The van der Waals surface area contributed by atoms with Gasteiger partial charge >= 0.3 is 6.03 Å². The maximum atomic E-state index is 12.7. The number of carbonyl (C=O) groups is 3. The molecule has 3 fully saturated rings. The van der Waals surface area contributed by atoms with Gasteiger partial charge in [-0.05, 0) is 62.4 Å². The van der Waals surface area contributed by atoms with Gasteiger partial charge in [0, 0.05) is 12.6 Å². The molecule has 0 saturated carbocycles. The monoisotopic (exact) mass is 428 g/mol. The predicted octanol–water partition coefficient (Wildman–Crippen LogP) is 1.89. The minimum atomic E-state index is -0.803. The summed E-state index contributed by atoms with van der Waals surface area (Å²) in [4.78, 5) is 41.3. The van der Waals surface area contributed by atoms with E-state index in [2.05, 4.69) is 15.5 Å². The molecular formula is C23H32N4O4. The Kier molecular flexibility index (Phi) is 6.75. The summed E-state index contributed by atoms with van der Waals surface area (Å²) < 4.78 is 5.13. The van der Waals surface area contributed by atoms with Crippen LogP contribution in [0, 0.1) is 5.92 Å². The fraction of sp³-hybridized carbons (Fsp3) is 0.609. The second-order valence-electron chi connectivity index (χ2n) is 8.78. The van der Waals surface area contributed by atoms with Crippen molar-refractivity contribution in [3.63, 3.8) is 0 Å². The smallest absolute Gasteiger partial charge is 0.325 e. The summed E-state index contributed by atoms with van der Waals surface area (Å²) in [6.45, 7) is 3.15. The number of methoxy groups -OCH3 is 1. The van der Waals surface area contributed by atoms with Gasteiger partial charge in [0.2, 0.25) is 5.91 Å². The Labute approximate surface area is 183 Å². The van der Waals surface area contributed by atoms with E-state index in [1.54, 1.807) is 19.2 Å². The lowest BCUT2D eigenvalue weighted by Gasteiger charge is -2.44. The lowest BCUT2D eigenvalue weighted by atomic mass is 9.83.